The van der Waals surface area contributed by atoms with E-state index in [9.17, 15) is 13.2 Å². The van der Waals surface area contributed by atoms with Gasteiger partial charge in [-0.1, -0.05) is 53.6 Å². The number of para-hydroxylation sites is 1. The quantitative estimate of drug-likeness (QED) is 0.194. The molecule has 0 aliphatic carbocycles. The van der Waals surface area contributed by atoms with Gasteiger partial charge in [0.25, 0.3) is 15.9 Å². The maximum Gasteiger partial charge on any atom is 0.273 e. The van der Waals surface area contributed by atoms with E-state index in [1.54, 1.807) is 99.0 Å². The number of nitrogens with zero attached hydrogens (tertiary/aromatic N) is 2. The molecule has 0 aromatic heterocycles. The number of amides is 1. The second kappa shape index (κ2) is 12.1. The first-order valence-electron chi connectivity index (χ1n) is 12.1. The summed E-state index contributed by atoms with van der Waals surface area (Å²) in [7, 11) is -2.46. The van der Waals surface area contributed by atoms with Crippen LogP contribution in [0.2, 0.25) is 5.02 Å². The summed E-state index contributed by atoms with van der Waals surface area (Å²) < 4.78 is 34.3. The number of anilines is 1. The third-order valence-corrected chi connectivity index (χ3v) is 8.12. The number of hydrogen-bond acceptors (Lipinski definition) is 5. The highest BCUT2D eigenvalue weighted by Crippen LogP contribution is 2.30. The number of aryl methyl sites for hydroxylation is 1. The molecule has 0 saturated heterocycles. The van der Waals surface area contributed by atoms with Gasteiger partial charge in [-0.2, -0.15) is 5.10 Å². The van der Waals surface area contributed by atoms with Gasteiger partial charge in [-0.3, -0.25) is 9.10 Å². The minimum Gasteiger partial charge on any atom is -0.497 e. The Kier molecular flexibility index (Phi) is 8.69. The first kappa shape index (κ1) is 27.9. The van der Waals surface area contributed by atoms with Crippen molar-refractivity contribution in [3.63, 3.8) is 0 Å². The molecule has 200 valence electrons. The zero-order valence-corrected chi connectivity index (χ0v) is 23.3. The molecule has 39 heavy (non-hydrogen) atoms. The zero-order valence-electron chi connectivity index (χ0n) is 21.8. The van der Waals surface area contributed by atoms with Crippen molar-refractivity contribution in [1.82, 2.24) is 5.43 Å². The van der Waals surface area contributed by atoms with Crippen molar-refractivity contribution in [3.05, 3.63) is 124 Å². The summed E-state index contributed by atoms with van der Waals surface area (Å²) in [6.07, 6.45) is 0. The van der Waals surface area contributed by atoms with E-state index in [0.29, 0.717) is 22.0 Å². The van der Waals surface area contributed by atoms with Crippen molar-refractivity contribution in [3.8, 4) is 5.75 Å². The van der Waals surface area contributed by atoms with E-state index < -0.39 is 15.9 Å². The van der Waals surface area contributed by atoms with Crippen molar-refractivity contribution in [2.24, 2.45) is 5.10 Å². The molecule has 0 aliphatic rings. The molecule has 0 unspecified atom stereocenters. The third-order valence-electron chi connectivity index (χ3n) is 6.10. The van der Waals surface area contributed by atoms with Crippen LogP contribution in [-0.2, 0) is 16.6 Å². The molecular formula is C30H28ClN3O4S. The summed E-state index contributed by atoms with van der Waals surface area (Å²) in [6.45, 7) is 3.64. The van der Waals surface area contributed by atoms with Crippen molar-refractivity contribution < 1.29 is 17.9 Å². The Morgan fingerprint density at radius 1 is 0.923 bits per heavy atom. The number of carbonyl (C=O) groups is 1. The lowest BCUT2D eigenvalue weighted by atomic mass is 10.1. The van der Waals surface area contributed by atoms with Gasteiger partial charge in [0.2, 0.25) is 0 Å². The molecule has 7 nitrogen and oxygen atoms in total. The van der Waals surface area contributed by atoms with E-state index in [1.165, 1.54) is 4.31 Å². The molecule has 0 spiro atoms. The standard InChI is InChI=1S/C30H28ClN3O4S/c1-21-8-18-27(19-9-21)39(36,37)34(20-23-10-14-25(31)15-11-23)29-7-5-4-6-28(29)30(35)33-32-22(2)24-12-16-26(38-3)17-13-24/h4-19H,20H2,1-3H3,(H,33,35)/b32-22-. The molecule has 0 aliphatic heterocycles. The molecule has 0 bridgehead atoms. The van der Waals surface area contributed by atoms with Crippen LogP contribution in [0.4, 0.5) is 5.69 Å². The fraction of sp³-hybridized carbons (Fsp3) is 0.133. The molecular weight excluding hydrogens is 534 g/mol. The highest BCUT2D eigenvalue weighted by molar-refractivity contribution is 7.92. The fourth-order valence-corrected chi connectivity index (χ4v) is 5.47. The number of carbonyl (C=O) groups excluding carboxylic acids is 1. The number of nitrogens with one attached hydrogen (secondary N) is 1. The number of benzene rings is 4. The normalized spacial score (nSPS) is 11.6. The second-order valence-corrected chi connectivity index (χ2v) is 11.1. The lowest BCUT2D eigenvalue weighted by molar-refractivity contribution is 0.0955. The molecule has 4 rings (SSSR count). The second-order valence-electron chi connectivity index (χ2n) is 8.83. The predicted molar refractivity (Wildman–Crippen MR) is 155 cm³/mol. The van der Waals surface area contributed by atoms with Crippen LogP contribution < -0.4 is 14.5 Å². The van der Waals surface area contributed by atoms with Gasteiger partial charge in [-0.15, -0.1) is 0 Å². The first-order valence-corrected chi connectivity index (χ1v) is 13.9. The topological polar surface area (TPSA) is 88.1 Å². The van der Waals surface area contributed by atoms with Gasteiger partial charge >= 0.3 is 0 Å². The summed E-state index contributed by atoms with van der Waals surface area (Å²) in [4.78, 5) is 13.5. The van der Waals surface area contributed by atoms with Crippen LogP contribution in [-0.4, -0.2) is 27.1 Å². The summed E-state index contributed by atoms with van der Waals surface area (Å²) in [5.41, 5.74) is 5.98. The van der Waals surface area contributed by atoms with Gasteiger partial charge in [0.1, 0.15) is 5.75 Å². The maximum absolute atomic E-state index is 13.9. The monoisotopic (exact) mass is 561 g/mol. The van der Waals surface area contributed by atoms with Gasteiger partial charge in [0.15, 0.2) is 0 Å². The van der Waals surface area contributed by atoms with Crippen molar-refractivity contribution in [2.75, 3.05) is 11.4 Å². The van der Waals surface area contributed by atoms with E-state index in [0.717, 1.165) is 11.1 Å². The molecule has 0 atom stereocenters. The Morgan fingerprint density at radius 2 is 1.56 bits per heavy atom. The van der Waals surface area contributed by atoms with E-state index in [2.05, 4.69) is 10.5 Å². The number of rotatable bonds is 9. The van der Waals surface area contributed by atoms with Crippen LogP contribution >= 0.6 is 11.6 Å². The highest BCUT2D eigenvalue weighted by atomic mass is 35.5. The van der Waals surface area contributed by atoms with Crippen LogP contribution in [0.1, 0.15) is 34.0 Å². The number of halogens is 1. The van der Waals surface area contributed by atoms with Crippen molar-refractivity contribution >= 4 is 38.9 Å². The Hall–Kier alpha value is -4.14. The lowest BCUT2D eigenvalue weighted by Gasteiger charge is -2.26. The molecule has 0 heterocycles. The largest absolute Gasteiger partial charge is 0.497 e. The summed E-state index contributed by atoms with van der Waals surface area (Å²) >= 11 is 6.05. The first-order chi connectivity index (χ1) is 18.7. The SMILES string of the molecule is COc1ccc(/C(C)=N\NC(=O)c2ccccc2N(Cc2ccc(Cl)cc2)S(=O)(=O)c2ccc(C)cc2)cc1. The predicted octanol–water partition coefficient (Wildman–Crippen LogP) is 6.21. The average Bonchev–Trinajstić information content (AvgIpc) is 2.95. The van der Waals surface area contributed by atoms with E-state index in [1.807, 2.05) is 19.1 Å². The average molecular weight is 562 g/mol. The van der Waals surface area contributed by atoms with Gasteiger partial charge in [0.05, 0.1) is 35.5 Å². The number of hydrogen-bond donors (Lipinski definition) is 1. The van der Waals surface area contributed by atoms with Gasteiger partial charge < -0.3 is 4.74 Å². The number of hydrazone groups is 1. The third kappa shape index (κ3) is 6.66. The lowest BCUT2D eigenvalue weighted by Crippen LogP contribution is -2.33. The Morgan fingerprint density at radius 3 is 2.21 bits per heavy atom. The van der Waals surface area contributed by atoms with E-state index >= 15 is 0 Å². The number of ether oxygens (including phenoxy) is 1. The molecule has 1 amide bonds. The maximum atomic E-state index is 13.9. The van der Waals surface area contributed by atoms with Crippen LogP contribution in [0.15, 0.2) is 107 Å². The van der Waals surface area contributed by atoms with Crippen molar-refractivity contribution in [1.29, 1.82) is 0 Å². The summed E-state index contributed by atoms with van der Waals surface area (Å²) in [6, 6.07) is 27.3. The molecule has 0 fully saturated rings. The number of sulfonamides is 1. The molecule has 9 heteroatoms. The smallest absolute Gasteiger partial charge is 0.273 e. The van der Waals surface area contributed by atoms with Gasteiger partial charge in [-0.25, -0.2) is 13.8 Å². The minimum atomic E-state index is -4.04. The number of methoxy groups -OCH3 is 1. The van der Waals surface area contributed by atoms with E-state index in [-0.39, 0.29) is 22.7 Å². The Bertz CT molecular complexity index is 1590. The highest BCUT2D eigenvalue weighted by Gasteiger charge is 2.28. The molecule has 1 N–H and O–H groups in total. The minimum absolute atomic E-state index is 0.00812. The van der Waals surface area contributed by atoms with Crippen LogP contribution in [0.5, 0.6) is 5.75 Å². The molecule has 4 aromatic rings. The van der Waals surface area contributed by atoms with Crippen LogP contribution in [0.3, 0.4) is 0 Å². The van der Waals surface area contributed by atoms with Gasteiger partial charge in [0, 0.05) is 5.02 Å². The Labute approximate surface area is 233 Å². The summed E-state index contributed by atoms with van der Waals surface area (Å²) in [5.74, 6) is 0.166. The Balaban J connectivity index is 1.71. The summed E-state index contributed by atoms with van der Waals surface area (Å²) in [5, 5.41) is 4.78. The molecule has 0 radical (unpaired) electrons. The van der Waals surface area contributed by atoms with E-state index in [4.69, 9.17) is 16.3 Å². The fourth-order valence-electron chi connectivity index (χ4n) is 3.87. The molecule has 0 saturated carbocycles. The van der Waals surface area contributed by atoms with Crippen LogP contribution in [0, 0.1) is 6.92 Å². The van der Waals surface area contributed by atoms with Crippen LogP contribution in [0.25, 0.3) is 0 Å². The van der Waals surface area contributed by atoms with Gasteiger partial charge in [-0.05, 0) is 85.6 Å². The molecule has 4 aromatic carbocycles. The zero-order chi connectivity index (χ0) is 28.0. The van der Waals surface area contributed by atoms with Crippen molar-refractivity contribution in [2.45, 2.75) is 25.3 Å².